The van der Waals surface area contributed by atoms with Crippen LogP contribution in [0.4, 0.5) is 0 Å². The molecule has 0 heterocycles. The highest BCUT2D eigenvalue weighted by Crippen LogP contribution is 2.52. The van der Waals surface area contributed by atoms with E-state index in [0.29, 0.717) is 0 Å². The maximum absolute atomic E-state index is 13.6. The first-order chi connectivity index (χ1) is 17.9. The molecule has 4 rings (SSSR count). The Labute approximate surface area is 217 Å². The van der Waals surface area contributed by atoms with E-state index in [-0.39, 0.29) is 60.4 Å². The molecule has 200 valence electrons. The molecule has 0 radical (unpaired) electrons. The molecule has 1 amide bonds. The summed E-state index contributed by atoms with van der Waals surface area (Å²) in [6.45, 7) is 0.176. The third-order valence-electron chi connectivity index (χ3n) is 7.61. The van der Waals surface area contributed by atoms with Crippen LogP contribution in [0.3, 0.4) is 0 Å². The van der Waals surface area contributed by atoms with Crippen molar-refractivity contribution in [2.75, 3.05) is 27.2 Å². The Kier molecular flexibility index (Phi) is 6.88. The number of benzene rings is 1. The van der Waals surface area contributed by atoms with Crippen LogP contribution in [0.1, 0.15) is 39.1 Å². The van der Waals surface area contributed by atoms with Crippen LogP contribution in [0.5, 0.6) is 5.75 Å². The zero-order valence-corrected chi connectivity index (χ0v) is 20.8. The van der Waals surface area contributed by atoms with Gasteiger partial charge < -0.3 is 31.5 Å². The maximum Gasteiger partial charge on any atom is 0.255 e. The number of amides is 1. The summed E-state index contributed by atoms with van der Waals surface area (Å²) >= 11 is 0. The van der Waals surface area contributed by atoms with E-state index in [0.717, 1.165) is 0 Å². The zero-order valence-electron chi connectivity index (χ0n) is 20.8. The third-order valence-corrected chi connectivity index (χ3v) is 7.61. The van der Waals surface area contributed by atoms with Crippen molar-refractivity contribution in [3.05, 3.63) is 51.5 Å². The molecule has 4 atom stereocenters. The molecule has 1 aromatic carbocycles. The zero-order chi connectivity index (χ0) is 28.1. The number of rotatable bonds is 7. The van der Waals surface area contributed by atoms with Crippen LogP contribution in [-0.4, -0.2) is 87.4 Å². The number of Topliss-reactive ketones (excluding diaryl/α,β-unsaturated/α-hetero) is 3. The molecule has 0 spiro atoms. The summed E-state index contributed by atoms with van der Waals surface area (Å²) in [5.74, 6) is -7.84. The highest BCUT2D eigenvalue weighted by Gasteiger charge is 2.63. The summed E-state index contributed by atoms with van der Waals surface area (Å²) < 4.78 is 0. The molecule has 0 saturated carbocycles. The SMILES string of the molecule is CN(C)[C@@H]1C(O)=C(C(N)=O)C(=O)[C@@]2(O)C(O)=C3C(=O)c4c(O)ccc(C(=O)CNCCC#N)c4C[C@H]3C[C@@H]12. The van der Waals surface area contributed by atoms with Gasteiger partial charge in [0, 0.05) is 30.0 Å². The van der Waals surface area contributed by atoms with E-state index in [1.54, 1.807) is 14.1 Å². The molecular formula is C26H28N4O8. The van der Waals surface area contributed by atoms with Crippen LogP contribution in [-0.2, 0) is 16.0 Å². The van der Waals surface area contributed by atoms with Crippen LogP contribution in [0.2, 0.25) is 0 Å². The summed E-state index contributed by atoms with van der Waals surface area (Å²) in [4.78, 5) is 53.4. The van der Waals surface area contributed by atoms with Crippen molar-refractivity contribution < 1.29 is 39.6 Å². The van der Waals surface area contributed by atoms with Crippen LogP contribution >= 0.6 is 0 Å². The highest BCUT2D eigenvalue weighted by atomic mass is 16.3. The smallest absolute Gasteiger partial charge is 0.255 e. The molecule has 0 fully saturated rings. The number of aliphatic hydroxyl groups is 3. The molecule has 3 aliphatic rings. The van der Waals surface area contributed by atoms with Crippen molar-refractivity contribution in [2.45, 2.75) is 30.9 Å². The lowest BCUT2D eigenvalue weighted by Crippen LogP contribution is -2.63. The lowest BCUT2D eigenvalue weighted by molar-refractivity contribution is -0.148. The number of carbonyl (C=O) groups excluding carboxylic acids is 4. The fourth-order valence-electron chi connectivity index (χ4n) is 5.95. The first-order valence-electron chi connectivity index (χ1n) is 12.0. The third kappa shape index (κ3) is 3.87. The van der Waals surface area contributed by atoms with Crippen molar-refractivity contribution in [1.82, 2.24) is 10.2 Å². The molecule has 0 aromatic heterocycles. The fraction of sp³-hybridized carbons (Fsp3) is 0.423. The number of nitrogens with one attached hydrogen (secondary N) is 1. The predicted molar refractivity (Wildman–Crippen MR) is 131 cm³/mol. The number of primary amides is 1. The summed E-state index contributed by atoms with van der Waals surface area (Å²) in [6, 6.07) is 3.43. The van der Waals surface area contributed by atoms with Gasteiger partial charge in [0.2, 0.25) is 5.78 Å². The van der Waals surface area contributed by atoms with E-state index in [1.807, 2.05) is 6.07 Å². The van der Waals surface area contributed by atoms with Crippen molar-refractivity contribution in [3.63, 3.8) is 0 Å². The van der Waals surface area contributed by atoms with E-state index < -0.39 is 63.8 Å². The molecule has 1 aromatic rings. The Bertz CT molecular complexity index is 1370. The largest absolute Gasteiger partial charge is 0.510 e. The van der Waals surface area contributed by atoms with E-state index in [2.05, 4.69) is 5.32 Å². The van der Waals surface area contributed by atoms with Crippen LogP contribution in [0.15, 0.2) is 34.8 Å². The molecule has 7 N–H and O–H groups in total. The second kappa shape index (κ2) is 9.68. The number of allylic oxidation sites excluding steroid dienone is 1. The molecule has 0 saturated heterocycles. The minimum Gasteiger partial charge on any atom is -0.510 e. The van der Waals surface area contributed by atoms with Gasteiger partial charge in [0.1, 0.15) is 22.8 Å². The number of aromatic hydroxyl groups is 1. The summed E-state index contributed by atoms with van der Waals surface area (Å²) in [5, 5.41) is 55.7. The van der Waals surface area contributed by atoms with E-state index in [4.69, 9.17) is 11.0 Å². The predicted octanol–water partition coefficient (Wildman–Crippen LogP) is -0.193. The first kappa shape index (κ1) is 27.0. The van der Waals surface area contributed by atoms with Gasteiger partial charge in [-0.3, -0.25) is 24.1 Å². The van der Waals surface area contributed by atoms with Gasteiger partial charge in [0.25, 0.3) is 5.91 Å². The number of phenolic OH excluding ortho intramolecular Hbond substituents is 1. The number of phenols is 1. The molecule has 12 heteroatoms. The topological polar surface area (TPSA) is 214 Å². The number of nitrogens with two attached hydrogens (primary N) is 1. The van der Waals surface area contributed by atoms with Gasteiger partial charge in [-0.1, -0.05) is 0 Å². The number of nitriles is 1. The van der Waals surface area contributed by atoms with Crippen molar-refractivity contribution in [2.24, 2.45) is 17.6 Å². The molecule has 12 nitrogen and oxygen atoms in total. The Morgan fingerprint density at radius 3 is 2.53 bits per heavy atom. The number of nitrogens with zero attached hydrogens (tertiary/aromatic N) is 2. The van der Waals surface area contributed by atoms with E-state index in [1.165, 1.54) is 17.0 Å². The number of aliphatic hydroxyl groups excluding tert-OH is 2. The Balaban J connectivity index is 1.85. The number of hydrogen-bond donors (Lipinski definition) is 6. The average Bonchev–Trinajstić information content (AvgIpc) is 2.83. The maximum atomic E-state index is 13.6. The normalized spacial score (nSPS) is 26.6. The second-order valence-corrected chi connectivity index (χ2v) is 9.96. The standard InChI is InChI=1S/C26H28N4O8/c1-30(2)20-14-9-11-8-13-12(16(32)10-29-7-3-6-27)4-5-15(31)18(13)21(33)17(11)23(35)26(14,38)24(36)19(22(20)34)25(28)37/h4-5,11,14,20,29,31,34-35,38H,3,7-10H2,1-2H3,(H2,28,37)/t11-,14-,20-,26-/m0/s1. The number of hydrogen-bond acceptors (Lipinski definition) is 11. The van der Waals surface area contributed by atoms with E-state index in [9.17, 15) is 39.6 Å². The minimum atomic E-state index is -2.72. The Morgan fingerprint density at radius 2 is 1.92 bits per heavy atom. The first-order valence-corrected chi connectivity index (χ1v) is 12.0. The lowest BCUT2D eigenvalue weighted by atomic mass is 9.58. The summed E-state index contributed by atoms with van der Waals surface area (Å²) in [6.07, 6.45) is 0.140. The van der Waals surface area contributed by atoms with Crippen LogP contribution in [0, 0.1) is 23.2 Å². The molecule has 0 unspecified atom stereocenters. The summed E-state index contributed by atoms with van der Waals surface area (Å²) in [5.41, 5.74) is 1.63. The van der Waals surface area contributed by atoms with Gasteiger partial charge in [-0.05, 0) is 50.6 Å². The number of likely N-dealkylation sites (N-methyl/N-ethyl adjacent to an activating group) is 1. The van der Waals surface area contributed by atoms with Crippen LogP contribution < -0.4 is 11.1 Å². The number of carbonyl (C=O) groups is 4. The second-order valence-electron chi connectivity index (χ2n) is 9.96. The van der Waals surface area contributed by atoms with E-state index >= 15 is 0 Å². The molecule has 38 heavy (non-hydrogen) atoms. The minimum absolute atomic E-state index is 0.0161. The van der Waals surface area contributed by atoms with Gasteiger partial charge in [0.15, 0.2) is 17.2 Å². The average molecular weight is 525 g/mol. The summed E-state index contributed by atoms with van der Waals surface area (Å²) in [7, 11) is 3.09. The van der Waals surface area contributed by atoms with Gasteiger partial charge in [0.05, 0.1) is 24.2 Å². The molecule has 0 aliphatic heterocycles. The quantitative estimate of drug-likeness (QED) is 0.156. The molecular weight excluding hydrogens is 496 g/mol. The Hall–Kier alpha value is -4.05. The van der Waals surface area contributed by atoms with Crippen molar-refractivity contribution in [3.8, 4) is 11.8 Å². The number of ketones is 3. The van der Waals surface area contributed by atoms with Gasteiger partial charge >= 0.3 is 0 Å². The highest BCUT2D eigenvalue weighted by molar-refractivity contribution is 6.25. The van der Waals surface area contributed by atoms with Gasteiger partial charge in [-0.25, -0.2) is 0 Å². The fourth-order valence-corrected chi connectivity index (χ4v) is 5.95. The molecule has 3 aliphatic carbocycles. The van der Waals surface area contributed by atoms with Gasteiger partial charge in [-0.2, -0.15) is 5.26 Å². The van der Waals surface area contributed by atoms with Crippen LogP contribution in [0.25, 0.3) is 0 Å². The van der Waals surface area contributed by atoms with Gasteiger partial charge in [-0.15, -0.1) is 0 Å². The van der Waals surface area contributed by atoms with Crippen molar-refractivity contribution >= 4 is 23.3 Å². The monoisotopic (exact) mass is 524 g/mol. The number of fused-ring (bicyclic) bond motifs is 3. The Morgan fingerprint density at radius 1 is 1.24 bits per heavy atom. The lowest BCUT2D eigenvalue weighted by Gasteiger charge is -2.50. The van der Waals surface area contributed by atoms with Crippen molar-refractivity contribution in [1.29, 1.82) is 5.26 Å². The molecule has 0 bridgehead atoms.